The number of carbonyl (C=O) groups is 1. The number of ether oxygens (including phenoxy) is 3. The van der Waals surface area contributed by atoms with Gasteiger partial charge < -0.3 is 19.1 Å². The van der Waals surface area contributed by atoms with E-state index < -0.39 is 5.60 Å². The van der Waals surface area contributed by atoms with Crippen molar-refractivity contribution in [3.05, 3.63) is 0 Å². The number of likely N-dealkylation sites (N-methyl/N-ethyl adjacent to an activating group) is 1. The van der Waals surface area contributed by atoms with E-state index in [1.54, 1.807) is 19.1 Å². The van der Waals surface area contributed by atoms with Crippen LogP contribution in [0.4, 0.5) is 4.79 Å². The summed E-state index contributed by atoms with van der Waals surface area (Å²) in [5.74, 6) is 0. The van der Waals surface area contributed by atoms with Crippen LogP contribution in [0.15, 0.2) is 0 Å². The predicted octanol–water partition coefficient (Wildman–Crippen LogP) is 2.01. The fourth-order valence-electron chi connectivity index (χ4n) is 1.56. The van der Waals surface area contributed by atoms with Gasteiger partial charge in [0.2, 0.25) is 0 Å². The van der Waals surface area contributed by atoms with Crippen LogP contribution in [0.3, 0.4) is 0 Å². The molecule has 5 heteroatoms. The molecule has 1 amide bonds. The SMILES string of the molecule is COCOCC1(N(C)C(=O)OC(C)(C)C)CC1. The van der Waals surface area contributed by atoms with Crippen LogP contribution in [-0.2, 0) is 14.2 Å². The summed E-state index contributed by atoms with van der Waals surface area (Å²) in [7, 11) is 3.34. The molecule has 17 heavy (non-hydrogen) atoms. The van der Waals surface area contributed by atoms with Gasteiger partial charge in [-0.1, -0.05) is 0 Å². The molecular weight excluding hydrogens is 222 g/mol. The monoisotopic (exact) mass is 245 g/mol. The summed E-state index contributed by atoms with van der Waals surface area (Å²) in [6, 6.07) is 0. The van der Waals surface area contributed by atoms with Crippen molar-refractivity contribution in [3.8, 4) is 0 Å². The van der Waals surface area contributed by atoms with E-state index in [9.17, 15) is 4.79 Å². The lowest BCUT2D eigenvalue weighted by Gasteiger charge is -2.30. The fraction of sp³-hybridized carbons (Fsp3) is 0.917. The maximum absolute atomic E-state index is 11.9. The molecule has 1 saturated carbocycles. The summed E-state index contributed by atoms with van der Waals surface area (Å²) in [6.45, 7) is 6.33. The average Bonchev–Trinajstić information content (AvgIpc) is 2.96. The molecule has 5 nitrogen and oxygen atoms in total. The summed E-state index contributed by atoms with van der Waals surface area (Å²) in [5, 5.41) is 0. The zero-order chi connectivity index (χ0) is 13.1. The molecule has 1 rings (SSSR count). The molecule has 100 valence electrons. The van der Waals surface area contributed by atoms with Gasteiger partial charge in [-0.25, -0.2) is 4.79 Å². The number of nitrogens with zero attached hydrogens (tertiary/aromatic N) is 1. The Hall–Kier alpha value is -0.810. The second-order valence-corrected chi connectivity index (χ2v) is 5.52. The molecular formula is C12H23NO4. The summed E-state index contributed by atoms with van der Waals surface area (Å²) in [5.41, 5.74) is -0.657. The molecule has 0 N–H and O–H groups in total. The second kappa shape index (κ2) is 5.23. The van der Waals surface area contributed by atoms with Crippen LogP contribution >= 0.6 is 0 Å². The number of hydrogen-bond donors (Lipinski definition) is 0. The van der Waals surface area contributed by atoms with E-state index in [0.29, 0.717) is 6.61 Å². The average molecular weight is 245 g/mol. The van der Waals surface area contributed by atoms with Crippen molar-refractivity contribution in [3.63, 3.8) is 0 Å². The number of carbonyl (C=O) groups excluding carboxylic acids is 1. The van der Waals surface area contributed by atoms with E-state index in [2.05, 4.69) is 0 Å². The van der Waals surface area contributed by atoms with Crippen molar-refractivity contribution >= 4 is 6.09 Å². The third-order valence-electron chi connectivity index (χ3n) is 2.78. The van der Waals surface area contributed by atoms with Crippen molar-refractivity contribution in [2.45, 2.75) is 44.8 Å². The van der Waals surface area contributed by atoms with Crippen LogP contribution in [0.2, 0.25) is 0 Å². The van der Waals surface area contributed by atoms with Gasteiger partial charge in [0.15, 0.2) is 0 Å². The van der Waals surface area contributed by atoms with E-state index in [1.807, 2.05) is 20.8 Å². The minimum Gasteiger partial charge on any atom is -0.444 e. The van der Waals surface area contributed by atoms with Gasteiger partial charge in [-0.3, -0.25) is 0 Å². The van der Waals surface area contributed by atoms with Crippen molar-refractivity contribution < 1.29 is 19.0 Å². The summed E-state index contributed by atoms with van der Waals surface area (Å²) < 4.78 is 15.5. The van der Waals surface area contributed by atoms with Crippen LogP contribution in [0, 0.1) is 0 Å². The lowest BCUT2D eigenvalue weighted by molar-refractivity contribution is -0.0570. The van der Waals surface area contributed by atoms with Gasteiger partial charge in [0.1, 0.15) is 12.4 Å². The molecule has 0 aromatic heterocycles. The highest BCUT2D eigenvalue weighted by atomic mass is 16.7. The van der Waals surface area contributed by atoms with Crippen LogP contribution < -0.4 is 0 Å². The zero-order valence-electron chi connectivity index (χ0n) is 11.4. The minimum atomic E-state index is -0.463. The molecule has 0 aromatic rings. The Morgan fingerprint density at radius 1 is 1.35 bits per heavy atom. The third-order valence-corrected chi connectivity index (χ3v) is 2.78. The highest BCUT2D eigenvalue weighted by Gasteiger charge is 2.49. The molecule has 0 saturated heterocycles. The molecule has 1 aliphatic carbocycles. The molecule has 1 fully saturated rings. The molecule has 0 heterocycles. The lowest BCUT2D eigenvalue weighted by Crippen LogP contribution is -2.44. The van der Waals surface area contributed by atoms with Crippen LogP contribution in [-0.4, -0.2) is 49.7 Å². The Kier molecular flexibility index (Phi) is 4.38. The largest absolute Gasteiger partial charge is 0.444 e. The number of amides is 1. The molecule has 0 radical (unpaired) electrons. The highest BCUT2D eigenvalue weighted by molar-refractivity contribution is 5.69. The first kappa shape index (κ1) is 14.3. The van der Waals surface area contributed by atoms with Gasteiger partial charge in [-0.2, -0.15) is 0 Å². The van der Waals surface area contributed by atoms with Gasteiger partial charge in [0.25, 0.3) is 0 Å². The molecule has 0 atom stereocenters. The minimum absolute atomic E-state index is 0.194. The van der Waals surface area contributed by atoms with E-state index in [-0.39, 0.29) is 18.4 Å². The molecule has 0 aliphatic heterocycles. The van der Waals surface area contributed by atoms with Crippen LogP contribution in [0.5, 0.6) is 0 Å². The van der Waals surface area contributed by atoms with Crippen molar-refractivity contribution in [1.29, 1.82) is 0 Å². The zero-order valence-corrected chi connectivity index (χ0v) is 11.4. The Bertz CT molecular complexity index is 268. The number of rotatable bonds is 5. The van der Waals surface area contributed by atoms with Crippen molar-refractivity contribution in [2.75, 3.05) is 27.6 Å². The maximum atomic E-state index is 11.9. The summed E-state index contributed by atoms with van der Waals surface area (Å²) in [4.78, 5) is 13.5. The van der Waals surface area contributed by atoms with Crippen molar-refractivity contribution in [1.82, 2.24) is 4.90 Å². The highest BCUT2D eigenvalue weighted by Crippen LogP contribution is 2.41. The van der Waals surface area contributed by atoms with E-state index in [0.717, 1.165) is 12.8 Å². The normalized spacial score (nSPS) is 17.7. The fourth-order valence-corrected chi connectivity index (χ4v) is 1.56. The molecule has 0 bridgehead atoms. The quantitative estimate of drug-likeness (QED) is 0.549. The van der Waals surface area contributed by atoms with E-state index >= 15 is 0 Å². The van der Waals surface area contributed by atoms with E-state index in [1.165, 1.54) is 0 Å². The van der Waals surface area contributed by atoms with Gasteiger partial charge in [-0.05, 0) is 33.6 Å². The first-order valence-electron chi connectivity index (χ1n) is 5.84. The Morgan fingerprint density at radius 3 is 2.35 bits per heavy atom. The number of methoxy groups -OCH3 is 1. The molecule has 0 unspecified atom stereocenters. The van der Waals surface area contributed by atoms with Crippen LogP contribution in [0.1, 0.15) is 33.6 Å². The lowest BCUT2D eigenvalue weighted by atomic mass is 10.2. The smallest absolute Gasteiger partial charge is 0.410 e. The first-order chi connectivity index (χ1) is 7.81. The van der Waals surface area contributed by atoms with Gasteiger partial charge in [-0.15, -0.1) is 0 Å². The predicted molar refractivity (Wildman–Crippen MR) is 63.8 cm³/mol. The Balaban J connectivity index is 2.45. The first-order valence-corrected chi connectivity index (χ1v) is 5.84. The van der Waals surface area contributed by atoms with Gasteiger partial charge >= 0.3 is 6.09 Å². The molecule has 1 aliphatic rings. The molecule has 0 aromatic carbocycles. The van der Waals surface area contributed by atoms with Gasteiger partial charge in [0, 0.05) is 14.2 Å². The summed E-state index contributed by atoms with van der Waals surface area (Å²) in [6.07, 6.45) is 1.61. The molecule has 0 spiro atoms. The third kappa shape index (κ3) is 4.16. The van der Waals surface area contributed by atoms with Gasteiger partial charge in [0.05, 0.1) is 12.1 Å². The standard InChI is InChI=1S/C12H23NO4/c1-11(2,3)17-10(14)13(4)12(6-7-12)8-16-9-15-5/h6-9H2,1-5H3. The Morgan fingerprint density at radius 2 is 1.94 bits per heavy atom. The maximum Gasteiger partial charge on any atom is 0.410 e. The van der Waals surface area contributed by atoms with Crippen molar-refractivity contribution in [2.24, 2.45) is 0 Å². The summed E-state index contributed by atoms with van der Waals surface area (Å²) >= 11 is 0. The number of hydrogen-bond acceptors (Lipinski definition) is 4. The van der Waals surface area contributed by atoms with E-state index in [4.69, 9.17) is 14.2 Å². The Labute approximate surface area is 103 Å². The second-order valence-electron chi connectivity index (χ2n) is 5.52. The topological polar surface area (TPSA) is 48.0 Å². The van der Waals surface area contributed by atoms with Crippen LogP contribution in [0.25, 0.3) is 0 Å².